The van der Waals surface area contributed by atoms with Crippen molar-refractivity contribution in [1.29, 1.82) is 0 Å². The Morgan fingerprint density at radius 1 is 0.310 bits per heavy atom. The van der Waals surface area contributed by atoms with Crippen LogP contribution >= 0.6 is 0 Å². The van der Waals surface area contributed by atoms with E-state index in [0.29, 0.717) is 0 Å². The van der Waals surface area contributed by atoms with E-state index in [9.17, 15) is 0 Å². The number of aromatic nitrogens is 1. The maximum absolute atomic E-state index is 2.64. The quantitative estimate of drug-likeness (QED) is 0.109. The van der Waals surface area contributed by atoms with Crippen LogP contribution in [0, 0.1) is 0 Å². The maximum Gasteiger partial charge on any atom is 0.180 e. The molecule has 12 aromatic carbocycles. The number of benzene rings is 12. The van der Waals surface area contributed by atoms with Crippen molar-refractivity contribution in [2.45, 2.75) is 0 Å². The lowest BCUT2D eigenvalue weighted by Gasteiger charge is -2.31. The molecule has 1 aliphatic rings. The van der Waals surface area contributed by atoms with E-state index in [-0.39, 0.29) is 0 Å². The van der Waals surface area contributed by atoms with E-state index in [1.807, 2.05) is 0 Å². The third-order valence-electron chi connectivity index (χ3n) is 15.1. The molecule has 13 aromatic rings. The number of anilines is 3. The predicted octanol–water partition coefficient (Wildman–Crippen LogP) is 15.3. The van der Waals surface area contributed by atoms with Gasteiger partial charge in [-0.15, -0.1) is 0 Å². The molecule has 1 aromatic heterocycles. The summed E-state index contributed by atoms with van der Waals surface area (Å²) in [5, 5.41) is 13.1. The molecule has 0 aliphatic carbocycles. The van der Waals surface area contributed by atoms with Gasteiger partial charge in [-0.1, -0.05) is 224 Å². The van der Waals surface area contributed by atoms with Gasteiger partial charge in [0.15, 0.2) is 8.07 Å². The van der Waals surface area contributed by atoms with E-state index in [2.05, 4.69) is 289 Å². The normalized spacial score (nSPS) is 12.6. The van der Waals surface area contributed by atoms with Crippen LogP contribution in [0.2, 0.25) is 0 Å². The van der Waals surface area contributed by atoms with Crippen molar-refractivity contribution in [2.24, 2.45) is 0 Å². The highest BCUT2D eigenvalue weighted by Crippen LogP contribution is 2.44. The first-order chi connectivity index (χ1) is 35.2. The van der Waals surface area contributed by atoms with Crippen LogP contribution in [0.25, 0.3) is 82.4 Å². The topological polar surface area (TPSA) is 8.17 Å². The smallest absolute Gasteiger partial charge is 0.180 e. The summed E-state index contributed by atoms with van der Waals surface area (Å²) in [6.07, 6.45) is 0. The van der Waals surface area contributed by atoms with Crippen molar-refractivity contribution in [3.8, 4) is 39.1 Å². The van der Waals surface area contributed by atoms with Crippen LogP contribution in [0.3, 0.4) is 0 Å². The molecule has 0 atom stereocenters. The lowest BCUT2D eigenvalue weighted by atomic mass is 9.97. The number of rotatable bonds is 8. The Kier molecular flexibility index (Phi) is 9.58. The molecule has 1 aliphatic heterocycles. The molecule has 14 rings (SSSR count). The summed E-state index contributed by atoms with van der Waals surface area (Å²) in [7, 11) is -2.64. The zero-order valence-electron chi connectivity index (χ0n) is 39.0. The van der Waals surface area contributed by atoms with Crippen molar-refractivity contribution < 1.29 is 0 Å². The van der Waals surface area contributed by atoms with Crippen molar-refractivity contribution >= 4 is 89.2 Å². The van der Waals surface area contributed by atoms with Crippen LogP contribution in [0.4, 0.5) is 17.1 Å². The van der Waals surface area contributed by atoms with Crippen LogP contribution in [-0.4, -0.2) is 12.6 Å². The van der Waals surface area contributed by atoms with Gasteiger partial charge in [-0.25, -0.2) is 0 Å². The van der Waals surface area contributed by atoms with Gasteiger partial charge in [-0.05, 0) is 125 Å². The fourth-order valence-corrected chi connectivity index (χ4v) is 17.2. The van der Waals surface area contributed by atoms with E-state index >= 15 is 0 Å². The zero-order chi connectivity index (χ0) is 46.9. The summed E-state index contributed by atoms with van der Waals surface area (Å²) in [6, 6.07) is 104. The summed E-state index contributed by atoms with van der Waals surface area (Å²) in [5.74, 6) is 0. The first-order valence-electron chi connectivity index (χ1n) is 24.6. The van der Waals surface area contributed by atoms with Gasteiger partial charge in [0.2, 0.25) is 0 Å². The number of hydrogen-bond donors (Lipinski definition) is 0. The predicted molar refractivity (Wildman–Crippen MR) is 304 cm³/mol. The van der Waals surface area contributed by atoms with E-state index in [0.717, 1.165) is 22.7 Å². The Morgan fingerprint density at radius 3 is 1.55 bits per heavy atom. The van der Waals surface area contributed by atoms with Crippen LogP contribution < -0.4 is 25.6 Å². The summed E-state index contributed by atoms with van der Waals surface area (Å²) < 4.78 is 2.39. The van der Waals surface area contributed by atoms with Crippen molar-refractivity contribution in [3.63, 3.8) is 0 Å². The van der Waals surface area contributed by atoms with Crippen LogP contribution in [0.5, 0.6) is 0 Å². The molecule has 0 N–H and O–H groups in total. The highest BCUT2D eigenvalue weighted by Gasteiger charge is 2.48. The molecule has 0 saturated heterocycles. The Labute approximate surface area is 414 Å². The fraction of sp³-hybridized carbons (Fsp3) is 0. The number of hydrogen-bond acceptors (Lipinski definition) is 1. The first-order valence-corrected chi connectivity index (χ1v) is 26.6. The molecule has 0 bridgehead atoms. The summed E-state index contributed by atoms with van der Waals surface area (Å²) in [6.45, 7) is 0. The molecule has 2 heterocycles. The van der Waals surface area contributed by atoms with Crippen molar-refractivity contribution in [2.75, 3.05) is 4.90 Å². The second-order valence-electron chi connectivity index (χ2n) is 18.8. The van der Waals surface area contributed by atoms with Crippen LogP contribution in [-0.2, 0) is 0 Å². The SMILES string of the molecule is c1ccc(-n2c3ccccc3c3c(-c4ccc(N(c5ccc(-c6ccc7c(c6)[Si](c6ccccc6)(c6ccccc6)c6ccccc6-7)cc5)c5cc6ccccc6c6ccccc56)cc4)cccc32)cc1. The molecule has 0 amide bonds. The lowest BCUT2D eigenvalue weighted by Crippen LogP contribution is -2.72. The third kappa shape index (κ3) is 6.40. The van der Waals surface area contributed by atoms with Gasteiger partial charge >= 0.3 is 0 Å². The zero-order valence-corrected chi connectivity index (χ0v) is 40.0. The fourth-order valence-electron chi connectivity index (χ4n) is 12.0. The van der Waals surface area contributed by atoms with E-state index < -0.39 is 8.07 Å². The van der Waals surface area contributed by atoms with Gasteiger partial charge in [0.05, 0.1) is 16.7 Å². The molecular weight excluding hydrogens is 873 g/mol. The Morgan fingerprint density at radius 2 is 0.831 bits per heavy atom. The minimum atomic E-state index is -2.64. The van der Waals surface area contributed by atoms with Crippen LogP contribution in [0.1, 0.15) is 0 Å². The van der Waals surface area contributed by atoms with E-state index in [1.165, 1.54) is 97.5 Å². The maximum atomic E-state index is 2.52. The van der Waals surface area contributed by atoms with E-state index in [4.69, 9.17) is 0 Å². The second-order valence-corrected chi connectivity index (χ2v) is 22.5. The Balaban J connectivity index is 0.915. The molecule has 0 fully saturated rings. The van der Waals surface area contributed by atoms with Crippen molar-refractivity contribution in [1.82, 2.24) is 4.57 Å². The molecule has 0 unspecified atom stereocenters. The molecule has 3 heteroatoms. The molecule has 2 nitrogen and oxygen atoms in total. The second kappa shape index (κ2) is 16.6. The first kappa shape index (κ1) is 41.0. The summed E-state index contributed by atoms with van der Waals surface area (Å²) in [4.78, 5) is 2.45. The largest absolute Gasteiger partial charge is 0.310 e. The van der Waals surface area contributed by atoms with Gasteiger partial charge < -0.3 is 9.47 Å². The minimum absolute atomic E-state index is 1.10. The van der Waals surface area contributed by atoms with Gasteiger partial charge in [0.1, 0.15) is 0 Å². The number of nitrogens with zero attached hydrogens (tertiary/aromatic N) is 2. The van der Waals surface area contributed by atoms with Gasteiger partial charge in [0.25, 0.3) is 0 Å². The molecule has 0 saturated carbocycles. The molecule has 71 heavy (non-hydrogen) atoms. The van der Waals surface area contributed by atoms with Gasteiger partial charge in [-0.2, -0.15) is 0 Å². The molecule has 0 radical (unpaired) electrons. The Bertz CT molecular complexity index is 4100. The Hall–Kier alpha value is -9.02. The summed E-state index contributed by atoms with van der Waals surface area (Å²) in [5.41, 5.74) is 14.4. The highest BCUT2D eigenvalue weighted by atomic mass is 28.3. The average Bonchev–Trinajstić information content (AvgIpc) is 3.95. The average molecular weight is 919 g/mol. The highest BCUT2D eigenvalue weighted by molar-refractivity contribution is 7.22. The standard InChI is InChI=1S/C68H46N2Si/c1-4-20-51(21-5-1)70-63-32-16-14-30-62(63)68-57(31-18-33-64(68)70)48-37-42-53(43-38-48)69(65-45-50-19-10-11-26-56(50)58-27-12-13-28-59(58)65)52-40-35-47(36-41-52)49-39-44-61-60-29-15-17-34-66(60)71(67(61)46-49,54-22-6-2-7-23-54)55-24-8-3-9-25-55/h1-46H. The molecule has 332 valence electrons. The van der Waals surface area contributed by atoms with Gasteiger partial charge in [-0.3, -0.25) is 0 Å². The van der Waals surface area contributed by atoms with Gasteiger partial charge in [0, 0.05) is 33.2 Å². The third-order valence-corrected chi connectivity index (χ3v) is 19.9. The number of para-hydroxylation sites is 2. The summed E-state index contributed by atoms with van der Waals surface area (Å²) >= 11 is 0. The molecular formula is C68H46N2Si. The number of fused-ring (bicyclic) bond motifs is 9. The lowest BCUT2D eigenvalue weighted by molar-refractivity contribution is 1.18. The van der Waals surface area contributed by atoms with E-state index in [1.54, 1.807) is 0 Å². The minimum Gasteiger partial charge on any atom is -0.310 e. The van der Waals surface area contributed by atoms with Crippen molar-refractivity contribution in [3.05, 3.63) is 279 Å². The monoisotopic (exact) mass is 918 g/mol. The van der Waals surface area contributed by atoms with Crippen LogP contribution in [0.15, 0.2) is 279 Å². The molecule has 0 spiro atoms.